The van der Waals surface area contributed by atoms with E-state index in [1.54, 1.807) is 25.1 Å². The number of ether oxygens (including phenoxy) is 3. The number of rotatable bonds is 8. The molecule has 0 aliphatic carbocycles. The Balaban J connectivity index is 1.72. The van der Waals surface area contributed by atoms with Gasteiger partial charge in [-0.25, -0.2) is 9.18 Å². The van der Waals surface area contributed by atoms with Crippen molar-refractivity contribution >= 4 is 5.97 Å². The Hall–Kier alpha value is -3.42. The molecule has 3 rings (SSSR count). The van der Waals surface area contributed by atoms with Crippen LogP contribution in [0.25, 0.3) is 11.5 Å². The van der Waals surface area contributed by atoms with E-state index in [0.29, 0.717) is 35.8 Å². The van der Waals surface area contributed by atoms with Gasteiger partial charge in [-0.05, 0) is 63.2 Å². The monoisotopic (exact) mass is 400 g/mol. The van der Waals surface area contributed by atoms with Crippen molar-refractivity contribution in [1.29, 1.82) is 0 Å². The van der Waals surface area contributed by atoms with Gasteiger partial charge in [0.2, 0.25) is 5.89 Å². The highest BCUT2D eigenvalue weighted by Crippen LogP contribution is 2.30. The molecule has 0 saturated carbocycles. The second-order valence-electron chi connectivity index (χ2n) is 6.03. The van der Waals surface area contributed by atoms with E-state index in [1.165, 1.54) is 24.3 Å². The number of hydrogen-bond donors (Lipinski definition) is 0. The quantitative estimate of drug-likeness (QED) is 0.511. The molecule has 7 nitrogen and oxygen atoms in total. The lowest BCUT2D eigenvalue weighted by Gasteiger charge is -2.13. The van der Waals surface area contributed by atoms with Crippen molar-refractivity contribution in [2.45, 2.75) is 26.9 Å². The maximum Gasteiger partial charge on any atom is 0.339 e. The van der Waals surface area contributed by atoms with Gasteiger partial charge in [0.15, 0.2) is 17.6 Å². The largest absolute Gasteiger partial charge is 0.490 e. The van der Waals surface area contributed by atoms with Gasteiger partial charge in [-0.2, -0.15) is 0 Å². The van der Waals surface area contributed by atoms with Crippen LogP contribution in [0.3, 0.4) is 0 Å². The van der Waals surface area contributed by atoms with E-state index in [1.807, 2.05) is 13.8 Å². The Morgan fingerprint density at radius 1 is 1.03 bits per heavy atom. The zero-order valence-corrected chi connectivity index (χ0v) is 16.3. The van der Waals surface area contributed by atoms with Crippen LogP contribution in [0.5, 0.6) is 11.5 Å². The maximum absolute atomic E-state index is 13.0. The molecule has 0 unspecified atom stereocenters. The van der Waals surface area contributed by atoms with E-state index in [2.05, 4.69) is 10.2 Å². The standard InChI is InChI=1S/C21H21FN2O5/c1-4-26-17-11-8-15(12-18(17)27-5-2)21(25)28-13(3)19-23-24-20(29-19)14-6-9-16(22)10-7-14/h6-13H,4-5H2,1-3H3/t13-/m1/s1. The zero-order chi connectivity index (χ0) is 20.8. The van der Waals surface area contributed by atoms with Gasteiger partial charge >= 0.3 is 5.97 Å². The molecule has 1 heterocycles. The number of halogens is 1. The van der Waals surface area contributed by atoms with Gasteiger partial charge in [-0.1, -0.05) is 0 Å². The highest BCUT2D eigenvalue weighted by molar-refractivity contribution is 5.90. The molecule has 29 heavy (non-hydrogen) atoms. The third-order valence-electron chi connectivity index (χ3n) is 3.94. The van der Waals surface area contributed by atoms with Gasteiger partial charge in [0, 0.05) is 5.56 Å². The number of hydrogen-bond acceptors (Lipinski definition) is 7. The van der Waals surface area contributed by atoms with Crippen molar-refractivity contribution in [3.8, 4) is 23.0 Å². The minimum atomic E-state index is -0.772. The molecule has 0 N–H and O–H groups in total. The first-order valence-electron chi connectivity index (χ1n) is 9.21. The minimum Gasteiger partial charge on any atom is -0.490 e. The second kappa shape index (κ2) is 9.18. The molecular weight excluding hydrogens is 379 g/mol. The first-order valence-corrected chi connectivity index (χ1v) is 9.21. The average Bonchev–Trinajstić information content (AvgIpc) is 3.20. The summed E-state index contributed by atoms with van der Waals surface area (Å²) in [6, 6.07) is 10.5. The first kappa shape index (κ1) is 20.3. The Labute approximate surface area is 167 Å². The Morgan fingerprint density at radius 2 is 1.72 bits per heavy atom. The molecule has 1 aromatic heterocycles. The van der Waals surface area contributed by atoms with Crippen molar-refractivity contribution in [3.05, 3.63) is 59.7 Å². The predicted molar refractivity (Wildman–Crippen MR) is 102 cm³/mol. The number of carbonyl (C=O) groups is 1. The van der Waals surface area contributed by atoms with Crippen LogP contribution in [-0.4, -0.2) is 29.4 Å². The molecule has 0 amide bonds. The summed E-state index contributed by atoms with van der Waals surface area (Å²) in [5.74, 6) is 0.435. The SMILES string of the molecule is CCOc1ccc(C(=O)O[C@H](C)c2nnc(-c3ccc(F)cc3)o2)cc1OCC. The van der Waals surface area contributed by atoms with Crippen molar-refractivity contribution in [2.75, 3.05) is 13.2 Å². The summed E-state index contributed by atoms with van der Waals surface area (Å²) in [6.07, 6.45) is -0.772. The molecule has 2 aromatic carbocycles. The van der Waals surface area contributed by atoms with E-state index < -0.39 is 12.1 Å². The Morgan fingerprint density at radius 3 is 2.41 bits per heavy atom. The molecule has 0 fully saturated rings. The molecule has 0 spiro atoms. The van der Waals surface area contributed by atoms with Crippen LogP contribution in [0.15, 0.2) is 46.9 Å². The molecule has 0 aliphatic rings. The van der Waals surface area contributed by atoms with Crippen LogP contribution in [0.4, 0.5) is 4.39 Å². The van der Waals surface area contributed by atoms with Crippen LogP contribution < -0.4 is 9.47 Å². The molecular formula is C21H21FN2O5. The summed E-state index contributed by atoms with van der Waals surface area (Å²) >= 11 is 0. The van der Waals surface area contributed by atoms with Crippen LogP contribution in [0, 0.1) is 5.82 Å². The normalized spacial score (nSPS) is 11.7. The fourth-order valence-corrected chi connectivity index (χ4v) is 2.57. The molecule has 0 saturated heterocycles. The highest BCUT2D eigenvalue weighted by Gasteiger charge is 2.21. The number of carbonyl (C=O) groups excluding carboxylic acids is 1. The zero-order valence-electron chi connectivity index (χ0n) is 16.3. The lowest BCUT2D eigenvalue weighted by molar-refractivity contribution is 0.0279. The predicted octanol–water partition coefficient (Wildman–Crippen LogP) is 4.59. The van der Waals surface area contributed by atoms with Gasteiger partial charge in [0.1, 0.15) is 5.82 Å². The number of nitrogens with zero attached hydrogens (tertiary/aromatic N) is 2. The maximum atomic E-state index is 13.0. The van der Waals surface area contributed by atoms with E-state index in [0.717, 1.165) is 0 Å². The summed E-state index contributed by atoms with van der Waals surface area (Å²) < 4.78 is 35.1. The van der Waals surface area contributed by atoms with Crippen molar-refractivity contribution in [3.63, 3.8) is 0 Å². The lowest BCUT2D eigenvalue weighted by atomic mass is 10.2. The second-order valence-corrected chi connectivity index (χ2v) is 6.03. The van der Waals surface area contributed by atoms with Gasteiger partial charge in [-0.15, -0.1) is 10.2 Å². The summed E-state index contributed by atoms with van der Waals surface area (Å²) in [4.78, 5) is 12.5. The molecule has 152 valence electrons. The van der Waals surface area contributed by atoms with Crippen LogP contribution in [0.2, 0.25) is 0 Å². The third-order valence-corrected chi connectivity index (χ3v) is 3.94. The first-order chi connectivity index (χ1) is 14.0. The van der Waals surface area contributed by atoms with E-state index >= 15 is 0 Å². The molecule has 8 heteroatoms. The molecule has 1 atom stereocenters. The smallest absolute Gasteiger partial charge is 0.339 e. The number of aromatic nitrogens is 2. The Bertz CT molecular complexity index is 971. The number of benzene rings is 2. The minimum absolute atomic E-state index is 0.133. The topological polar surface area (TPSA) is 83.7 Å². The van der Waals surface area contributed by atoms with Crippen molar-refractivity contribution in [1.82, 2.24) is 10.2 Å². The summed E-state index contributed by atoms with van der Waals surface area (Å²) in [7, 11) is 0. The Kier molecular flexibility index (Phi) is 6.43. The van der Waals surface area contributed by atoms with E-state index in [-0.39, 0.29) is 17.6 Å². The van der Waals surface area contributed by atoms with Gasteiger partial charge < -0.3 is 18.6 Å². The van der Waals surface area contributed by atoms with E-state index in [4.69, 9.17) is 18.6 Å². The van der Waals surface area contributed by atoms with Crippen molar-refractivity contribution in [2.24, 2.45) is 0 Å². The van der Waals surface area contributed by atoms with Gasteiger partial charge in [-0.3, -0.25) is 0 Å². The van der Waals surface area contributed by atoms with Gasteiger partial charge in [0.05, 0.1) is 18.8 Å². The third kappa shape index (κ3) is 4.90. The summed E-state index contributed by atoms with van der Waals surface area (Å²) in [5, 5.41) is 7.84. The van der Waals surface area contributed by atoms with E-state index in [9.17, 15) is 9.18 Å². The van der Waals surface area contributed by atoms with Crippen LogP contribution in [0.1, 0.15) is 43.1 Å². The summed E-state index contributed by atoms with van der Waals surface area (Å²) in [5.41, 5.74) is 0.874. The lowest BCUT2D eigenvalue weighted by Crippen LogP contribution is -2.10. The molecule has 0 aliphatic heterocycles. The number of esters is 1. The fourth-order valence-electron chi connectivity index (χ4n) is 2.57. The summed E-state index contributed by atoms with van der Waals surface area (Å²) in [6.45, 7) is 6.25. The molecule has 0 bridgehead atoms. The molecule has 3 aromatic rings. The molecule has 0 radical (unpaired) electrons. The van der Waals surface area contributed by atoms with Crippen LogP contribution >= 0.6 is 0 Å². The van der Waals surface area contributed by atoms with Crippen LogP contribution in [-0.2, 0) is 4.74 Å². The average molecular weight is 400 g/mol. The van der Waals surface area contributed by atoms with Crippen molar-refractivity contribution < 1.29 is 27.8 Å². The highest BCUT2D eigenvalue weighted by atomic mass is 19.1. The van der Waals surface area contributed by atoms with Gasteiger partial charge in [0.25, 0.3) is 5.89 Å². The fraction of sp³-hybridized carbons (Fsp3) is 0.286.